The monoisotopic (exact) mass is 412 g/mol. The number of amides is 3. The van der Waals surface area contributed by atoms with Crippen LogP contribution in [0.3, 0.4) is 0 Å². The zero-order valence-electron chi connectivity index (χ0n) is 18.4. The van der Waals surface area contributed by atoms with Crippen molar-refractivity contribution in [2.45, 2.75) is 84.7 Å². The Morgan fingerprint density at radius 1 is 1.27 bits per heavy atom. The molecule has 6 heteroatoms. The molecule has 1 aromatic rings. The quantitative estimate of drug-likeness (QED) is 0.660. The molecule has 2 heterocycles. The fraction of sp³-hybridized carbons (Fsp3) is 0.583. The summed E-state index contributed by atoms with van der Waals surface area (Å²) in [6.45, 7) is 8.73. The van der Waals surface area contributed by atoms with Crippen molar-refractivity contribution in [3.8, 4) is 0 Å². The molecule has 2 unspecified atom stereocenters. The first-order valence-electron chi connectivity index (χ1n) is 10.9. The lowest BCUT2D eigenvalue weighted by Crippen LogP contribution is -2.52. The van der Waals surface area contributed by atoms with E-state index in [1.165, 1.54) is 0 Å². The van der Waals surface area contributed by atoms with Crippen molar-refractivity contribution in [2.24, 2.45) is 5.41 Å². The summed E-state index contributed by atoms with van der Waals surface area (Å²) in [6, 6.07) is 5.11. The Kier molecular flexibility index (Phi) is 6.44. The van der Waals surface area contributed by atoms with E-state index >= 15 is 0 Å². The summed E-state index contributed by atoms with van der Waals surface area (Å²) >= 11 is 0. The second-order valence-electron chi connectivity index (χ2n) is 9.52. The molecule has 1 N–H and O–H groups in total. The van der Waals surface area contributed by atoms with Crippen LogP contribution in [-0.2, 0) is 20.9 Å². The first-order chi connectivity index (χ1) is 14.1. The van der Waals surface area contributed by atoms with Crippen molar-refractivity contribution in [1.82, 2.24) is 10.2 Å². The van der Waals surface area contributed by atoms with E-state index in [1.54, 1.807) is 4.90 Å². The van der Waals surface area contributed by atoms with E-state index in [2.05, 4.69) is 26.1 Å². The fourth-order valence-corrected chi connectivity index (χ4v) is 4.88. The molecule has 0 spiro atoms. The van der Waals surface area contributed by atoms with Gasteiger partial charge in [0.1, 0.15) is 11.8 Å². The van der Waals surface area contributed by atoms with Crippen LogP contribution in [0.15, 0.2) is 18.2 Å². The number of Topliss-reactive ketones (excluding diaryl/α,β-unsaturated/α-hetero) is 1. The summed E-state index contributed by atoms with van der Waals surface area (Å²) in [5.41, 5.74) is 2.36. The Morgan fingerprint density at radius 3 is 2.67 bits per heavy atom. The number of benzene rings is 1. The number of piperidine rings is 1. The van der Waals surface area contributed by atoms with Crippen molar-refractivity contribution in [2.75, 3.05) is 0 Å². The summed E-state index contributed by atoms with van der Waals surface area (Å²) in [5.74, 6) is -0.739. The van der Waals surface area contributed by atoms with Gasteiger partial charge < -0.3 is 4.90 Å². The molecule has 0 saturated carbocycles. The average molecular weight is 413 g/mol. The van der Waals surface area contributed by atoms with Crippen LogP contribution < -0.4 is 5.32 Å². The summed E-state index contributed by atoms with van der Waals surface area (Å²) in [4.78, 5) is 51.2. The molecule has 2 aliphatic heterocycles. The molecule has 1 fully saturated rings. The van der Waals surface area contributed by atoms with E-state index in [0.717, 1.165) is 24.0 Å². The number of carbonyl (C=O) groups is 4. The van der Waals surface area contributed by atoms with E-state index in [0.29, 0.717) is 31.4 Å². The lowest BCUT2D eigenvalue weighted by molar-refractivity contribution is -0.137. The maximum Gasteiger partial charge on any atom is 0.255 e. The molecule has 0 aromatic heterocycles. The van der Waals surface area contributed by atoms with Crippen molar-refractivity contribution < 1.29 is 19.2 Å². The number of nitrogens with zero attached hydrogens (tertiary/aromatic N) is 1. The zero-order chi connectivity index (χ0) is 22.1. The van der Waals surface area contributed by atoms with Crippen molar-refractivity contribution >= 4 is 23.5 Å². The summed E-state index contributed by atoms with van der Waals surface area (Å²) in [6.07, 6.45) is 3.58. The van der Waals surface area contributed by atoms with E-state index < -0.39 is 11.9 Å². The van der Waals surface area contributed by atoms with Gasteiger partial charge in [-0.15, -0.1) is 0 Å². The van der Waals surface area contributed by atoms with Crippen molar-refractivity contribution in [3.63, 3.8) is 0 Å². The minimum Gasteiger partial charge on any atom is -0.322 e. The molecule has 1 saturated heterocycles. The van der Waals surface area contributed by atoms with Crippen LogP contribution in [0.1, 0.15) is 93.6 Å². The maximum atomic E-state index is 13.2. The maximum absolute atomic E-state index is 13.2. The van der Waals surface area contributed by atoms with Crippen molar-refractivity contribution in [1.29, 1.82) is 0 Å². The molecule has 162 valence electrons. The number of fused-ring (bicyclic) bond motifs is 1. The topological polar surface area (TPSA) is 83.6 Å². The van der Waals surface area contributed by atoms with Gasteiger partial charge in [0.15, 0.2) is 0 Å². The first-order valence-corrected chi connectivity index (χ1v) is 10.9. The highest BCUT2D eigenvalue weighted by atomic mass is 16.2. The number of hydrogen-bond acceptors (Lipinski definition) is 4. The predicted octanol–water partition coefficient (Wildman–Crippen LogP) is 3.73. The van der Waals surface area contributed by atoms with Crippen LogP contribution in [0.4, 0.5) is 0 Å². The zero-order valence-corrected chi connectivity index (χ0v) is 18.4. The number of nitrogens with one attached hydrogen (secondary N) is 1. The molecular formula is C24H32N2O4. The molecule has 2 aliphatic rings. The van der Waals surface area contributed by atoms with Gasteiger partial charge in [-0.1, -0.05) is 52.3 Å². The third-order valence-corrected chi connectivity index (χ3v) is 6.25. The molecule has 0 aliphatic carbocycles. The SMILES string of the molecule is CCCC(C)(C)CC(=O)CC(C)c1cccc2c1C(=O)N(C1CCC(=O)NC1=O)C2. The molecule has 1 aromatic carbocycles. The van der Waals surface area contributed by atoms with E-state index in [1.807, 2.05) is 25.1 Å². The highest BCUT2D eigenvalue weighted by Gasteiger charge is 2.40. The number of rotatable bonds is 8. The average Bonchev–Trinajstić information content (AvgIpc) is 2.97. The third-order valence-electron chi connectivity index (χ3n) is 6.25. The second-order valence-corrected chi connectivity index (χ2v) is 9.52. The van der Waals surface area contributed by atoms with Gasteiger partial charge >= 0.3 is 0 Å². The molecule has 6 nitrogen and oxygen atoms in total. The van der Waals surface area contributed by atoms with E-state index in [9.17, 15) is 19.2 Å². The third kappa shape index (κ3) is 4.63. The van der Waals surface area contributed by atoms with E-state index in [-0.39, 0.29) is 35.4 Å². The van der Waals surface area contributed by atoms with E-state index in [4.69, 9.17) is 0 Å². The van der Waals surface area contributed by atoms with Crippen LogP contribution in [0.25, 0.3) is 0 Å². The summed E-state index contributed by atoms with van der Waals surface area (Å²) in [7, 11) is 0. The molecule has 0 bridgehead atoms. The standard InChI is InChI=1S/C24H32N2O4/c1-5-11-24(3,4)13-17(27)12-15(2)18-8-6-7-16-14-26(23(30)21(16)18)19-9-10-20(28)25-22(19)29/h6-8,15,19H,5,9-14H2,1-4H3,(H,25,28,29). The smallest absolute Gasteiger partial charge is 0.255 e. The Hall–Kier alpha value is -2.50. The van der Waals surface area contributed by atoms with Crippen LogP contribution in [0, 0.1) is 5.41 Å². The van der Waals surface area contributed by atoms with Gasteiger partial charge in [-0.25, -0.2) is 0 Å². The van der Waals surface area contributed by atoms with Gasteiger partial charge in [-0.3, -0.25) is 24.5 Å². The van der Waals surface area contributed by atoms with Gasteiger partial charge in [0.2, 0.25) is 11.8 Å². The van der Waals surface area contributed by atoms with Gasteiger partial charge in [-0.05, 0) is 35.3 Å². The highest BCUT2D eigenvalue weighted by molar-refractivity contribution is 6.06. The number of carbonyl (C=O) groups excluding carboxylic acids is 4. The summed E-state index contributed by atoms with van der Waals surface area (Å²) < 4.78 is 0. The van der Waals surface area contributed by atoms with Crippen molar-refractivity contribution in [3.05, 3.63) is 34.9 Å². The number of ketones is 1. The van der Waals surface area contributed by atoms with Crippen LogP contribution in [0.2, 0.25) is 0 Å². The first kappa shape index (κ1) is 22.2. The Balaban J connectivity index is 1.75. The largest absolute Gasteiger partial charge is 0.322 e. The van der Waals surface area contributed by atoms with Crippen LogP contribution in [-0.4, -0.2) is 34.4 Å². The number of imide groups is 1. The molecule has 30 heavy (non-hydrogen) atoms. The lowest BCUT2D eigenvalue weighted by Gasteiger charge is -2.29. The molecule has 0 radical (unpaired) electrons. The lowest BCUT2D eigenvalue weighted by atomic mass is 9.80. The van der Waals surface area contributed by atoms with Gasteiger partial charge in [-0.2, -0.15) is 0 Å². The molecule has 3 rings (SSSR count). The van der Waals surface area contributed by atoms with Gasteiger partial charge in [0.25, 0.3) is 5.91 Å². The van der Waals surface area contributed by atoms with Gasteiger partial charge in [0.05, 0.1) is 0 Å². The molecular weight excluding hydrogens is 380 g/mol. The minimum absolute atomic E-state index is 0.0113. The highest BCUT2D eigenvalue weighted by Crippen LogP contribution is 2.35. The summed E-state index contributed by atoms with van der Waals surface area (Å²) in [5, 5.41) is 2.33. The molecule has 2 atom stereocenters. The normalized spacial score (nSPS) is 20.2. The van der Waals surface area contributed by atoms with Crippen LogP contribution in [0.5, 0.6) is 0 Å². The second kappa shape index (κ2) is 8.70. The molecule has 3 amide bonds. The van der Waals surface area contributed by atoms with Gasteiger partial charge in [0, 0.05) is 31.4 Å². The minimum atomic E-state index is -0.623. The Bertz CT molecular complexity index is 874. The number of hydrogen-bond donors (Lipinski definition) is 1. The predicted molar refractivity (Wildman–Crippen MR) is 114 cm³/mol. The van der Waals surface area contributed by atoms with Crippen LogP contribution >= 0.6 is 0 Å². The Labute approximate surface area is 178 Å². The Morgan fingerprint density at radius 2 is 2.00 bits per heavy atom. The fourth-order valence-electron chi connectivity index (χ4n) is 4.88.